The van der Waals surface area contributed by atoms with Crippen LogP contribution in [-0.2, 0) is 66.2 Å². The number of nitrogens with one attached hydrogen (secondary N) is 1. The summed E-state index contributed by atoms with van der Waals surface area (Å²) in [5, 5.41) is 17.0. The summed E-state index contributed by atoms with van der Waals surface area (Å²) in [6.07, 6.45) is -11.7. The average Bonchev–Trinajstić information content (AvgIpc) is 4.22. The first-order valence-corrected chi connectivity index (χ1v) is 26.0. The predicted octanol–water partition coefficient (Wildman–Crippen LogP) is 5.40. The van der Waals surface area contributed by atoms with Crippen molar-refractivity contribution in [1.29, 1.82) is 0 Å². The molecule has 4 aliphatic carbocycles. The fourth-order valence-electron chi connectivity index (χ4n) is 11.3. The van der Waals surface area contributed by atoms with Crippen molar-refractivity contribution in [3.8, 4) is 0 Å². The Kier molecular flexibility index (Phi) is 15.6. The first-order chi connectivity index (χ1) is 35.5. The van der Waals surface area contributed by atoms with E-state index in [1.54, 1.807) is 66.7 Å². The van der Waals surface area contributed by atoms with Gasteiger partial charge in [-0.15, -0.1) is 0 Å². The zero-order valence-electron chi connectivity index (χ0n) is 42.0. The van der Waals surface area contributed by atoms with Crippen molar-refractivity contribution in [3.63, 3.8) is 0 Å². The molecule has 1 heterocycles. The Morgan fingerprint density at radius 2 is 1.48 bits per heavy atom. The predicted molar refractivity (Wildman–Crippen MR) is 257 cm³/mol. The number of carbonyl (C=O) groups is 7. The number of ketones is 1. The fraction of sp³-hybridized carbons (Fsp3) is 0.491. The summed E-state index contributed by atoms with van der Waals surface area (Å²) >= 11 is 0. The van der Waals surface area contributed by atoms with Gasteiger partial charge in [-0.3, -0.25) is 23.7 Å². The normalized spacial score (nSPS) is 29.5. The molecule has 11 atom stereocenters. The van der Waals surface area contributed by atoms with Gasteiger partial charge in [0.1, 0.15) is 30.0 Å². The molecule has 2 bridgehead atoms. The van der Waals surface area contributed by atoms with E-state index in [2.05, 4.69) is 5.32 Å². The Hall–Kier alpha value is -6.32. The van der Waals surface area contributed by atoms with Gasteiger partial charge in [-0.1, -0.05) is 80.6 Å². The van der Waals surface area contributed by atoms with Crippen molar-refractivity contribution in [2.75, 3.05) is 20.0 Å². The topological polar surface area (TPSA) is 292 Å². The summed E-state index contributed by atoms with van der Waals surface area (Å²) in [4.78, 5) is 120. The Labute approximate surface area is 431 Å². The van der Waals surface area contributed by atoms with Gasteiger partial charge in [0, 0.05) is 30.7 Å². The molecule has 0 spiro atoms. The number of phosphoric ester groups is 1. The first-order valence-electron chi connectivity index (χ1n) is 24.5. The second-order valence-corrected chi connectivity index (χ2v) is 21.3. The number of hydrogen-bond acceptors (Lipinski definition) is 18. The molecule has 1 saturated heterocycles. The monoisotopic (exact) mass is 1060 g/mol. The van der Waals surface area contributed by atoms with Gasteiger partial charge in [-0.05, 0) is 74.6 Å². The number of phosphoric acid groups is 1. The third kappa shape index (κ3) is 10.6. The SMILES string of the molecule is CCOC(=O)O[C@@H](C(=O)OC1C[C@@]2(O)[C@@H](OC(=O)c3ccccc3)C3[C@](C)(C(=O)[C@H](OC(C)=O)C(=C1C)C2(C)C)[C@@H](OCOP(=O)(O)O)C[C@H]1OC[C@@]31OC(=O)C1CC1)[C@@H](NC(=O)c1ccccc1)c1ccccc1. The van der Waals surface area contributed by atoms with E-state index in [1.807, 2.05) is 0 Å². The minimum absolute atomic E-state index is 0.00920. The molecule has 3 aromatic carbocycles. The molecule has 21 nitrogen and oxygen atoms in total. The molecule has 22 heteroatoms. The molecule has 75 heavy (non-hydrogen) atoms. The molecule has 8 rings (SSSR count). The maximum absolute atomic E-state index is 16.2. The number of benzene rings is 3. The Morgan fingerprint density at radius 3 is 2.04 bits per heavy atom. The van der Waals surface area contributed by atoms with Crippen molar-refractivity contribution in [1.82, 2.24) is 5.32 Å². The highest BCUT2D eigenvalue weighted by Gasteiger charge is 2.79. The van der Waals surface area contributed by atoms with Gasteiger partial charge in [0.25, 0.3) is 5.91 Å². The molecule has 4 N–H and O–H groups in total. The van der Waals surface area contributed by atoms with Gasteiger partial charge < -0.3 is 58.1 Å². The van der Waals surface area contributed by atoms with Crippen molar-refractivity contribution in [2.45, 2.75) is 121 Å². The van der Waals surface area contributed by atoms with Gasteiger partial charge in [0.2, 0.25) is 6.10 Å². The highest BCUT2D eigenvalue weighted by molar-refractivity contribution is 7.46. The maximum atomic E-state index is 16.2. The van der Waals surface area contributed by atoms with Crippen LogP contribution in [0.25, 0.3) is 0 Å². The number of aliphatic hydroxyl groups is 1. The van der Waals surface area contributed by atoms with E-state index >= 15 is 9.59 Å². The molecular weight excluding hydrogens is 1000 g/mol. The lowest BCUT2D eigenvalue weighted by Gasteiger charge is -2.67. The molecule has 1 amide bonds. The number of rotatable bonds is 17. The van der Waals surface area contributed by atoms with Gasteiger partial charge >= 0.3 is 37.9 Å². The summed E-state index contributed by atoms with van der Waals surface area (Å²) in [5.74, 6) is -7.85. The van der Waals surface area contributed by atoms with Crippen LogP contribution in [0.2, 0.25) is 0 Å². The van der Waals surface area contributed by atoms with Crippen LogP contribution in [0.4, 0.5) is 4.79 Å². The van der Waals surface area contributed by atoms with Gasteiger partial charge in [-0.2, -0.15) is 0 Å². The maximum Gasteiger partial charge on any atom is 0.509 e. The van der Waals surface area contributed by atoms with Crippen LogP contribution >= 0.6 is 7.82 Å². The molecule has 0 aromatic heterocycles. The van der Waals surface area contributed by atoms with E-state index < -0.39 is 146 Å². The van der Waals surface area contributed by atoms with Crippen molar-refractivity contribution < 1.29 is 95.4 Å². The first kappa shape index (κ1) is 54.9. The smallest absolute Gasteiger partial charge is 0.455 e. The van der Waals surface area contributed by atoms with Crippen LogP contribution in [0.15, 0.2) is 102 Å². The summed E-state index contributed by atoms with van der Waals surface area (Å²) in [5.41, 5.74) is -8.10. The van der Waals surface area contributed by atoms with E-state index in [9.17, 15) is 43.4 Å². The molecular formula is C53H60NO20P. The van der Waals surface area contributed by atoms with Crippen LogP contribution in [-0.4, -0.2) is 124 Å². The largest absolute Gasteiger partial charge is 0.509 e. The third-order valence-electron chi connectivity index (χ3n) is 15.3. The number of fused-ring (bicyclic) bond motifs is 5. The second-order valence-electron chi connectivity index (χ2n) is 20.1. The van der Waals surface area contributed by atoms with Crippen LogP contribution in [0.5, 0.6) is 0 Å². The zero-order valence-corrected chi connectivity index (χ0v) is 42.9. The number of ether oxygens (including phenoxy) is 8. The Balaban J connectivity index is 1.33. The molecule has 1 aliphatic heterocycles. The zero-order chi connectivity index (χ0) is 54.3. The summed E-state index contributed by atoms with van der Waals surface area (Å²) in [7, 11) is -5.20. The second kappa shape index (κ2) is 21.4. The molecule has 3 saturated carbocycles. The lowest BCUT2D eigenvalue weighted by molar-refractivity contribution is -0.351. The van der Waals surface area contributed by atoms with Crippen LogP contribution in [0.1, 0.15) is 99.5 Å². The Bertz CT molecular complexity index is 2760. The third-order valence-corrected chi connectivity index (χ3v) is 15.7. The van der Waals surface area contributed by atoms with E-state index in [0.29, 0.717) is 12.8 Å². The Morgan fingerprint density at radius 1 is 0.867 bits per heavy atom. The molecule has 5 aliphatic rings. The number of amides is 1. The average molecular weight is 1060 g/mol. The number of esters is 4. The standard InChI is InChI=1S/C53H60NO20P/c1-7-66-49(61)72-41(39(31-17-11-8-12-18-31)54-45(57)32-19-13-9-14-20-32)48(60)71-35-26-53(62)44(73-46(58)33-21-15-10-16-22-33)42-51(6,43(56)40(70-30(3)55)38(29(35)2)50(53,4)5)36(68-28-69-75(63,64)65)25-37-52(42,27-67-37)74-47(59)34-23-24-34/h8-22,34-37,39-42,44,62H,7,23-28H2,1-6H3,(H,54,57)(H2,63,64,65)/t35?,36-,37+,39-,40+,41+,42?,44-,51+,52-,53+/m0/s1. The van der Waals surface area contributed by atoms with Crippen LogP contribution in [0.3, 0.4) is 0 Å². The lowest BCUT2D eigenvalue weighted by Crippen LogP contribution is -2.82. The van der Waals surface area contributed by atoms with Crippen molar-refractivity contribution in [3.05, 3.63) is 119 Å². The highest BCUT2D eigenvalue weighted by atomic mass is 31.2. The van der Waals surface area contributed by atoms with Gasteiger partial charge in [0.15, 0.2) is 24.3 Å². The van der Waals surface area contributed by atoms with E-state index in [0.717, 1.165) is 6.92 Å². The van der Waals surface area contributed by atoms with Gasteiger partial charge in [0.05, 0.1) is 42.1 Å². The quantitative estimate of drug-likeness (QED) is 0.0433. The van der Waals surface area contributed by atoms with Crippen LogP contribution in [0, 0.1) is 22.7 Å². The summed E-state index contributed by atoms with van der Waals surface area (Å²) in [6, 6.07) is 22.3. The molecule has 4 fully saturated rings. The van der Waals surface area contributed by atoms with Crippen molar-refractivity contribution >= 4 is 49.5 Å². The number of carbonyl (C=O) groups excluding carboxylic acids is 7. The van der Waals surface area contributed by atoms with E-state index in [-0.39, 0.29) is 40.9 Å². The van der Waals surface area contributed by atoms with Gasteiger partial charge in [-0.25, -0.2) is 18.9 Å². The summed E-state index contributed by atoms with van der Waals surface area (Å²) < 4.78 is 65.1. The van der Waals surface area contributed by atoms with E-state index in [4.69, 9.17) is 42.4 Å². The number of hydrogen-bond donors (Lipinski definition) is 4. The minimum Gasteiger partial charge on any atom is -0.455 e. The molecule has 2 unspecified atom stereocenters. The molecule has 402 valence electrons. The van der Waals surface area contributed by atoms with Crippen molar-refractivity contribution in [2.24, 2.45) is 22.7 Å². The lowest BCUT2D eigenvalue weighted by atomic mass is 9.44. The molecule has 3 aromatic rings. The minimum atomic E-state index is -5.20. The molecule has 0 radical (unpaired) electrons. The summed E-state index contributed by atoms with van der Waals surface area (Å²) in [6.45, 7) is 6.72. The highest BCUT2D eigenvalue weighted by Crippen LogP contribution is 2.65. The number of Topliss-reactive ketones (excluding diaryl/α,β-unsaturated/α-hetero) is 1. The van der Waals surface area contributed by atoms with Crippen LogP contribution < -0.4 is 5.32 Å². The fourth-order valence-corrected chi connectivity index (χ4v) is 11.5. The van der Waals surface area contributed by atoms with E-state index in [1.165, 1.54) is 58.9 Å².